The average molecular weight is 310 g/mol. The lowest BCUT2D eigenvalue weighted by atomic mass is 9.54. The van der Waals surface area contributed by atoms with Gasteiger partial charge in [-0.3, -0.25) is 4.79 Å². The number of amides is 1. The van der Waals surface area contributed by atoms with Crippen LogP contribution in [0.4, 0.5) is 0 Å². The molecule has 0 saturated heterocycles. The van der Waals surface area contributed by atoms with Gasteiger partial charge in [0.2, 0.25) is 0 Å². The van der Waals surface area contributed by atoms with Crippen LogP contribution in [0.3, 0.4) is 0 Å². The first-order valence-corrected chi connectivity index (χ1v) is 8.63. The first-order chi connectivity index (χ1) is 11.2. The van der Waals surface area contributed by atoms with Crippen molar-refractivity contribution in [1.82, 2.24) is 5.32 Å². The van der Waals surface area contributed by atoms with Gasteiger partial charge in [0.05, 0.1) is 11.6 Å². The lowest BCUT2D eigenvalue weighted by Gasteiger charge is -2.54. The number of carbonyl (C=O) groups excluding carboxylic acids is 1. The first-order valence-electron chi connectivity index (χ1n) is 8.63. The minimum Gasteiger partial charge on any atom is -0.484 e. The summed E-state index contributed by atoms with van der Waals surface area (Å²) in [5, 5.41) is 12.0. The predicted molar refractivity (Wildman–Crippen MR) is 85.6 cm³/mol. The normalized spacial score (nSPS) is 34.0. The number of hydrogen-bond acceptors (Lipinski definition) is 3. The fraction of sp³-hybridized carbons (Fsp3) is 0.579. The molecule has 4 fully saturated rings. The van der Waals surface area contributed by atoms with Crippen LogP contribution in [0.5, 0.6) is 5.75 Å². The number of nitrogens with one attached hydrogen (secondary N) is 1. The van der Waals surface area contributed by atoms with Gasteiger partial charge in [0.15, 0.2) is 6.61 Å². The van der Waals surface area contributed by atoms with Crippen molar-refractivity contribution in [3.05, 3.63) is 29.8 Å². The molecule has 4 aliphatic rings. The van der Waals surface area contributed by atoms with Crippen molar-refractivity contribution < 1.29 is 9.53 Å². The van der Waals surface area contributed by atoms with Gasteiger partial charge in [0.1, 0.15) is 5.75 Å². The molecule has 1 aromatic rings. The maximum atomic E-state index is 12.2. The summed E-state index contributed by atoms with van der Waals surface area (Å²) in [4.78, 5) is 12.2. The molecule has 0 radical (unpaired) electrons. The Bertz CT molecular complexity index is 604. The standard InChI is InChI=1S/C19H22N2O2/c20-10-12-1-3-17(4-2-12)23-11-18(22)21-19-15-6-13-5-14(8-15)9-16(19)7-13/h1-4,13-16,19H,5-9,11H2,(H,21,22). The zero-order valence-corrected chi connectivity index (χ0v) is 13.2. The van der Waals surface area contributed by atoms with E-state index in [-0.39, 0.29) is 12.5 Å². The number of nitriles is 1. The summed E-state index contributed by atoms with van der Waals surface area (Å²) < 4.78 is 5.54. The van der Waals surface area contributed by atoms with E-state index in [1.807, 2.05) is 0 Å². The third-order valence-electron chi connectivity index (χ3n) is 5.91. The van der Waals surface area contributed by atoms with Crippen molar-refractivity contribution in [3.8, 4) is 11.8 Å². The van der Waals surface area contributed by atoms with Crippen LogP contribution in [0.15, 0.2) is 24.3 Å². The highest BCUT2D eigenvalue weighted by Crippen LogP contribution is 2.53. The van der Waals surface area contributed by atoms with Gasteiger partial charge in [0.25, 0.3) is 5.91 Å². The molecule has 0 aliphatic heterocycles. The molecule has 4 aliphatic carbocycles. The Labute approximate surface area is 136 Å². The van der Waals surface area contributed by atoms with E-state index >= 15 is 0 Å². The zero-order valence-electron chi connectivity index (χ0n) is 13.2. The summed E-state index contributed by atoms with van der Waals surface area (Å²) in [6, 6.07) is 9.29. The van der Waals surface area contributed by atoms with E-state index in [2.05, 4.69) is 11.4 Å². The predicted octanol–water partition coefficient (Wildman–Crippen LogP) is 2.88. The summed E-state index contributed by atoms with van der Waals surface area (Å²) in [6.45, 7) is 0.0503. The molecular formula is C19H22N2O2. The molecule has 0 spiro atoms. The molecule has 120 valence electrons. The van der Waals surface area contributed by atoms with Gasteiger partial charge in [-0.05, 0) is 80.0 Å². The molecule has 0 heterocycles. The molecule has 4 saturated carbocycles. The second-order valence-corrected chi connectivity index (χ2v) is 7.45. The Morgan fingerprint density at radius 2 is 1.70 bits per heavy atom. The minimum atomic E-state index is -0.0215. The highest BCUT2D eigenvalue weighted by atomic mass is 16.5. The Morgan fingerprint density at radius 3 is 2.26 bits per heavy atom. The largest absolute Gasteiger partial charge is 0.484 e. The van der Waals surface area contributed by atoms with Crippen LogP contribution in [0.1, 0.15) is 37.7 Å². The molecule has 23 heavy (non-hydrogen) atoms. The Hall–Kier alpha value is -2.02. The average Bonchev–Trinajstić information content (AvgIpc) is 2.56. The molecule has 1 N–H and O–H groups in total. The molecular weight excluding hydrogens is 288 g/mol. The van der Waals surface area contributed by atoms with Crippen LogP contribution in [0.2, 0.25) is 0 Å². The monoisotopic (exact) mass is 310 g/mol. The molecule has 4 nitrogen and oxygen atoms in total. The highest BCUT2D eigenvalue weighted by molar-refractivity contribution is 5.78. The maximum absolute atomic E-state index is 12.2. The van der Waals surface area contributed by atoms with Gasteiger partial charge >= 0.3 is 0 Å². The van der Waals surface area contributed by atoms with Crippen molar-refractivity contribution in [3.63, 3.8) is 0 Å². The van der Waals surface area contributed by atoms with E-state index in [9.17, 15) is 4.79 Å². The minimum absolute atomic E-state index is 0.0215. The summed E-state index contributed by atoms with van der Waals surface area (Å²) in [5.41, 5.74) is 0.593. The third-order valence-corrected chi connectivity index (χ3v) is 5.91. The Kier molecular flexibility index (Phi) is 3.72. The number of carbonyl (C=O) groups is 1. The molecule has 4 heteroatoms. The summed E-state index contributed by atoms with van der Waals surface area (Å²) >= 11 is 0. The second-order valence-electron chi connectivity index (χ2n) is 7.45. The number of hydrogen-bond donors (Lipinski definition) is 1. The zero-order chi connectivity index (χ0) is 15.8. The van der Waals surface area contributed by atoms with Crippen LogP contribution < -0.4 is 10.1 Å². The Morgan fingerprint density at radius 1 is 1.09 bits per heavy atom. The Balaban J connectivity index is 1.31. The van der Waals surface area contributed by atoms with Gasteiger partial charge in [-0.25, -0.2) is 0 Å². The molecule has 0 unspecified atom stereocenters. The molecule has 0 aromatic heterocycles. The van der Waals surface area contributed by atoms with Gasteiger partial charge < -0.3 is 10.1 Å². The maximum Gasteiger partial charge on any atom is 0.258 e. The van der Waals surface area contributed by atoms with Crippen molar-refractivity contribution in [2.45, 2.75) is 38.1 Å². The van der Waals surface area contributed by atoms with E-state index in [0.717, 1.165) is 11.8 Å². The van der Waals surface area contributed by atoms with Crippen molar-refractivity contribution in [2.24, 2.45) is 23.7 Å². The number of nitrogens with zero attached hydrogens (tertiary/aromatic N) is 1. The summed E-state index contributed by atoms with van der Waals surface area (Å²) in [7, 11) is 0. The van der Waals surface area contributed by atoms with E-state index in [1.54, 1.807) is 24.3 Å². The lowest BCUT2D eigenvalue weighted by Crippen LogP contribution is -2.56. The third kappa shape index (κ3) is 2.93. The molecule has 1 aromatic carbocycles. The topological polar surface area (TPSA) is 62.1 Å². The van der Waals surface area contributed by atoms with Crippen molar-refractivity contribution >= 4 is 5.91 Å². The lowest BCUT2D eigenvalue weighted by molar-refractivity contribution is -0.127. The fourth-order valence-electron chi connectivity index (χ4n) is 5.16. The molecule has 0 atom stereocenters. The number of ether oxygens (including phenoxy) is 1. The molecule has 1 amide bonds. The quantitative estimate of drug-likeness (QED) is 0.930. The van der Waals surface area contributed by atoms with Gasteiger partial charge in [0, 0.05) is 6.04 Å². The number of benzene rings is 1. The molecule has 4 bridgehead atoms. The van der Waals surface area contributed by atoms with E-state index in [4.69, 9.17) is 10.00 Å². The SMILES string of the molecule is N#Cc1ccc(OCC(=O)NC2C3CC4CC(C3)CC2C4)cc1. The first kappa shape index (κ1) is 14.6. The van der Waals surface area contributed by atoms with Gasteiger partial charge in [-0.15, -0.1) is 0 Å². The summed E-state index contributed by atoms with van der Waals surface area (Å²) in [5.74, 6) is 3.81. The van der Waals surface area contributed by atoms with E-state index in [0.29, 0.717) is 29.2 Å². The number of rotatable bonds is 4. The van der Waals surface area contributed by atoms with Crippen LogP contribution in [-0.2, 0) is 4.79 Å². The summed E-state index contributed by atoms with van der Waals surface area (Å²) in [6.07, 6.45) is 6.63. The van der Waals surface area contributed by atoms with Crippen LogP contribution in [0, 0.1) is 35.0 Å². The van der Waals surface area contributed by atoms with Crippen molar-refractivity contribution in [2.75, 3.05) is 6.61 Å². The van der Waals surface area contributed by atoms with Crippen LogP contribution in [0.25, 0.3) is 0 Å². The fourth-order valence-corrected chi connectivity index (χ4v) is 5.16. The highest BCUT2D eigenvalue weighted by Gasteiger charge is 2.48. The second kappa shape index (κ2) is 5.88. The van der Waals surface area contributed by atoms with Gasteiger partial charge in [-0.1, -0.05) is 0 Å². The van der Waals surface area contributed by atoms with E-state index < -0.39 is 0 Å². The van der Waals surface area contributed by atoms with E-state index in [1.165, 1.54) is 32.1 Å². The van der Waals surface area contributed by atoms with Crippen molar-refractivity contribution in [1.29, 1.82) is 5.26 Å². The van der Waals surface area contributed by atoms with Crippen LogP contribution >= 0.6 is 0 Å². The van der Waals surface area contributed by atoms with Gasteiger partial charge in [-0.2, -0.15) is 5.26 Å². The molecule has 5 rings (SSSR count). The smallest absolute Gasteiger partial charge is 0.258 e. The van der Waals surface area contributed by atoms with Crippen LogP contribution in [-0.4, -0.2) is 18.6 Å².